The van der Waals surface area contributed by atoms with Crippen LogP contribution in [0.2, 0.25) is 0 Å². The Labute approximate surface area is 125 Å². The number of carbonyl (C=O) groups is 1. The smallest absolute Gasteiger partial charge is 0.328 e. The maximum atomic E-state index is 11.6. The lowest BCUT2D eigenvalue weighted by molar-refractivity contribution is -0.142. The largest absolute Gasteiger partial charge is 0.486 e. The Kier molecular flexibility index (Phi) is 4.14. The van der Waals surface area contributed by atoms with Crippen molar-refractivity contribution >= 4 is 11.7 Å². The van der Waals surface area contributed by atoms with Gasteiger partial charge in [0.1, 0.15) is 17.4 Å². The first-order valence-corrected chi connectivity index (χ1v) is 7.28. The Bertz CT molecular complexity index is 540. The zero-order valence-corrected chi connectivity index (χ0v) is 13.1. The number of nitrogens with zero attached hydrogens (tertiary/aromatic N) is 1. The summed E-state index contributed by atoms with van der Waals surface area (Å²) in [5, 5.41) is 9.54. The number of hydrogen-bond donors (Lipinski definition) is 2. The molecule has 1 aromatic carbocycles. The number of aliphatic carboxylic acids is 1. The number of benzene rings is 1. The fourth-order valence-electron chi connectivity index (χ4n) is 2.47. The first-order valence-electron chi connectivity index (χ1n) is 7.28. The monoisotopic (exact) mass is 292 g/mol. The Morgan fingerprint density at radius 1 is 1.52 bits per heavy atom. The van der Waals surface area contributed by atoms with E-state index in [1.165, 1.54) is 0 Å². The van der Waals surface area contributed by atoms with Crippen LogP contribution in [0, 0.1) is 5.92 Å². The molecule has 1 heterocycles. The highest BCUT2D eigenvalue weighted by Crippen LogP contribution is 2.39. The molecular weight excluding hydrogens is 268 g/mol. The molecule has 0 aromatic heterocycles. The molecule has 1 unspecified atom stereocenters. The van der Waals surface area contributed by atoms with E-state index in [-0.39, 0.29) is 6.10 Å². The maximum Gasteiger partial charge on any atom is 0.328 e. The van der Waals surface area contributed by atoms with Crippen molar-refractivity contribution in [1.82, 2.24) is 0 Å². The Balaban J connectivity index is 2.49. The molecule has 116 valence electrons. The van der Waals surface area contributed by atoms with Gasteiger partial charge in [-0.25, -0.2) is 4.79 Å². The van der Waals surface area contributed by atoms with Crippen LogP contribution in [0.4, 0.5) is 5.69 Å². The number of anilines is 1. The second-order valence-corrected chi connectivity index (χ2v) is 6.38. The first kappa shape index (κ1) is 15.6. The van der Waals surface area contributed by atoms with Crippen LogP contribution in [0.1, 0.15) is 33.3 Å². The zero-order chi connectivity index (χ0) is 15.8. The molecule has 2 rings (SSSR count). The molecule has 3 N–H and O–H groups in total. The van der Waals surface area contributed by atoms with E-state index in [9.17, 15) is 9.90 Å². The highest BCUT2D eigenvalue weighted by Gasteiger charge is 2.40. The molecule has 0 aliphatic carbocycles. The molecule has 0 fully saturated rings. The number of ether oxygens (including phenoxy) is 1. The molecule has 0 spiro atoms. The minimum absolute atomic E-state index is 0.0378. The van der Waals surface area contributed by atoms with Crippen LogP contribution in [0.15, 0.2) is 18.2 Å². The number of fused-ring (bicyclic) bond motifs is 1. The number of hydrogen-bond acceptors (Lipinski definition) is 4. The number of carboxylic acid groups (broad SMARTS) is 1. The van der Waals surface area contributed by atoms with E-state index in [0.717, 1.165) is 17.0 Å². The second-order valence-electron chi connectivity index (χ2n) is 6.38. The summed E-state index contributed by atoms with van der Waals surface area (Å²) in [4.78, 5) is 13.5. The lowest BCUT2D eigenvalue weighted by atomic mass is 9.96. The molecule has 1 aliphatic heterocycles. The lowest BCUT2D eigenvalue weighted by Gasteiger charge is -2.44. The summed E-state index contributed by atoms with van der Waals surface area (Å²) in [5.74, 6) is 0.171. The summed E-state index contributed by atoms with van der Waals surface area (Å²) < 4.78 is 6.05. The van der Waals surface area contributed by atoms with Crippen molar-refractivity contribution in [1.29, 1.82) is 0 Å². The van der Waals surface area contributed by atoms with Gasteiger partial charge in [0, 0.05) is 6.54 Å². The third kappa shape index (κ3) is 2.83. The minimum Gasteiger partial charge on any atom is -0.486 e. The summed E-state index contributed by atoms with van der Waals surface area (Å²) in [6.07, 6.45) is -0.0378. The average molecular weight is 292 g/mol. The van der Waals surface area contributed by atoms with Crippen LogP contribution < -0.4 is 15.4 Å². The van der Waals surface area contributed by atoms with Crippen LogP contribution in [-0.2, 0) is 11.3 Å². The molecule has 5 nitrogen and oxygen atoms in total. The van der Waals surface area contributed by atoms with Crippen LogP contribution in [0.5, 0.6) is 5.75 Å². The predicted octanol–water partition coefficient (Wildman–Crippen LogP) is 2.23. The molecule has 5 heteroatoms. The number of rotatable bonds is 4. The highest BCUT2D eigenvalue weighted by molar-refractivity contribution is 5.84. The van der Waals surface area contributed by atoms with Crippen molar-refractivity contribution in [2.75, 3.05) is 11.4 Å². The van der Waals surface area contributed by atoms with Crippen LogP contribution in [0.3, 0.4) is 0 Å². The normalized spacial score (nSPS) is 18.4. The summed E-state index contributed by atoms with van der Waals surface area (Å²) in [6, 6.07) is 5.73. The minimum atomic E-state index is -0.990. The molecule has 0 saturated carbocycles. The second kappa shape index (κ2) is 5.56. The first-order chi connectivity index (χ1) is 9.77. The van der Waals surface area contributed by atoms with Gasteiger partial charge in [-0.1, -0.05) is 19.9 Å². The third-order valence-electron chi connectivity index (χ3n) is 4.13. The van der Waals surface area contributed by atoms with Gasteiger partial charge in [0.25, 0.3) is 0 Å². The van der Waals surface area contributed by atoms with Gasteiger partial charge in [-0.3, -0.25) is 0 Å². The standard InChI is InChI=1S/C16H24N2O3/c1-10(2)14-9-18(16(3,4)15(19)20)12-6-5-11(8-17)7-13(12)21-14/h5-7,10,14H,8-9,17H2,1-4H3,(H,19,20). The van der Waals surface area contributed by atoms with E-state index in [4.69, 9.17) is 10.5 Å². The molecule has 0 radical (unpaired) electrons. The van der Waals surface area contributed by atoms with Gasteiger partial charge in [-0.15, -0.1) is 0 Å². The predicted molar refractivity (Wildman–Crippen MR) is 82.6 cm³/mol. The highest BCUT2D eigenvalue weighted by atomic mass is 16.5. The van der Waals surface area contributed by atoms with Gasteiger partial charge in [-0.2, -0.15) is 0 Å². The van der Waals surface area contributed by atoms with Gasteiger partial charge >= 0.3 is 5.97 Å². The summed E-state index contributed by atoms with van der Waals surface area (Å²) in [7, 11) is 0. The van der Waals surface area contributed by atoms with Gasteiger partial charge in [-0.05, 0) is 37.5 Å². The molecule has 0 bridgehead atoms. The average Bonchev–Trinajstić information content (AvgIpc) is 2.44. The Hall–Kier alpha value is -1.75. The molecule has 1 aliphatic rings. The molecule has 21 heavy (non-hydrogen) atoms. The fraction of sp³-hybridized carbons (Fsp3) is 0.562. The van der Waals surface area contributed by atoms with Crippen LogP contribution >= 0.6 is 0 Å². The van der Waals surface area contributed by atoms with E-state index in [2.05, 4.69) is 13.8 Å². The van der Waals surface area contributed by atoms with E-state index < -0.39 is 11.5 Å². The van der Waals surface area contributed by atoms with Crippen molar-refractivity contribution in [3.63, 3.8) is 0 Å². The van der Waals surface area contributed by atoms with E-state index in [1.807, 2.05) is 23.1 Å². The van der Waals surface area contributed by atoms with Crippen LogP contribution in [-0.4, -0.2) is 29.3 Å². The van der Waals surface area contributed by atoms with E-state index in [1.54, 1.807) is 13.8 Å². The topological polar surface area (TPSA) is 75.8 Å². The van der Waals surface area contributed by atoms with Gasteiger partial charge in [0.15, 0.2) is 0 Å². The van der Waals surface area contributed by atoms with Gasteiger partial charge in [0.2, 0.25) is 0 Å². The van der Waals surface area contributed by atoms with Crippen molar-refractivity contribution in [3.8, 4) is 5.75 Å². The fourth-order valence-corrected chi connectivity index (χ4v) is 2.47. The van der Waals surface area contributed by atoms with Gasteiger partial charge in [0.05, 0.1) is 12.2 Å². The van der Waals surface area contributed by atoms with Crippen molar-refractivity contribution < 1.29 is 14.6 Å². The lowest BCUT2D eigenvalue weighted by Crippen LogP contribution is -2.56. The number of carboxylic acids is 1. The van der Waals surface area contributed by atoms with E-state index >= 15 is 0 Å². The summed E-state index contributed by atoms with van der Waals surface area (Å²) in [6.45, 7) is 8.59. The molecule has 1 aromatic rings. The summed E-state index contributed by atoms with van der Waals surface area (Å²) in [5.41, 5.74) is 6.49. The van der Waals surface area contributed by atoms with E-state index in [0.29, 0.717) is 19.0 Å². The molecule has 0 saturated heterocycles. The maximum absolute atomic E-state index is 11.6. The third-order valence-corrected chi connectivity index (χ3v) is 4.13. The Morgan fingerprint density at radius 2 is 2.19 bits per heavy atom. The molecule has 1 atom stereocenters. The summed E-state index contributed by atoms with van der Waals surface area (Å²) >= 11 is 0. The van der Waals surface area contributed by atoms with Gasteiger partial charge < -0.3 is 20.5 Å². The van der Waals surface area contributed by atoms with Crippen LogP contribution in [0.25, 0.3) is 0 Å². The molecule has 0 amide bonds. The number of nitrogens with two attached hydrogens (primary N) is 1. The van der Waals surface area contributed by atoms with Crippen molar-refractivity contribution in [2.45, 2.75) is 45.9 Å². The van der Waals surface area contributed by atoms with Crippen molar-refractivity contribution in [3.05, 3.63) is 23.8 Å². The SMILES string of the molecule is CC(C)C1CN(C(C)(C)C(=O)O)c2ccc(CN)cc2O1. The Morgan fingerprint density at radius 3 is 2.71 bits per heavy atom. The zero-order valence-electron chi connectivity index (χ0n) is 13.1. The quantitative estimate of drug-likeness (QED) is 0.890. The molecular formula is C16H24N2O3. The van der Waals surface area contributed by atoms with Crippen molar-refractivity contribution in [2.24, 2.45) is 11.7 Å².